The molecule has 0 radical (unpaired) electrons. The van der Waals surface area contributed by atoms with E-state index >= 15 is 0 Å². The minimum absolute atomic E-state index is 0.238. The second-order valence-electron chi connectivity index (χ2n) is 13.4. The van der Waals surface area contributed by atoms with E-state index in [4.69, 9.17) is 47.4 Å². The summed E-state index contributed by atoms with van der Waals surface area (Å²) in [7, 11) is 0. The van der Waals surface area contributed by atoms with Crippen LogP contribution in [0, 0.1) is 0 Å². The molecule has 0 aliphatic carbocycles. The SMILES string of the molecule is CCCCCCCCCCCCCCCCOCCOCCOCCOCCOCCOCCOCCOCCOCCC(=O)OC(C)(C)C. The van der Waals surface area contributed by atoms with Crippen molar-refractivity contribution < 1.29 is 52.2 Å². The van der Waals surface area contributed by atoms with Gasteiger partial charge in [-0.15, -0.1) is 0 Å². The lowest BCUT2D eigenvalue weighted by Crippen LogP contribution is -2.24. The summed E-state index contributed by atoms with van der Waals surface area (Å²) < 4.78 is 54.8. The van der Waals surface area contributed by atoms with E-state index in [0.29, 0.717) is 112 Å². The Hall–Kier alpha value is -0.890. The number of hydrogen-bond donors (Lipinski definition) is 0. The number of carbonyl (C=O) groups is 1. The Morgan fingerprint density at radius 3 is 0.860 bits per heavy atom. The molecule has 11 heteroatoms. The van der Waals surface area contributed by atoms with Gasteiger partial charge in [-0.1, -0.05) is 90.4 Å². The molecule has 50 heavy (non-hydrogen) atoms. The summed E-state index contributed by atoms with van der Waals surface area (Å²) in [6.45, 7) is 17.3. The fourth-order valence-corrected chi connectivity index (χ4v) is 4.81. The number of carbonyl (C=O) groups excluding carboxylic acids is 1. The van der Waals surface area contributed by atoms with Gasteiger partial charge in [0.25, 0.3) is 0 Å². The van der Waals surface area contributed by atoms with E-state index in [1.807, 2.05) is 20.8 Å². The highest BCUT2D eigenvalue weighted by atomic mass is 16.6. The summed E-state index contributed by atoms with van der Waals surface area (Å²) in [5.74, 6) is -0.259. The molecular weight excluding hydrogens is 644 g/mol. The van der Waals surface area contributed by atoms with Crippen molar-refractivity contribution in [1.82, 2.24) is 0 Å². The molecule has 300 valence electrons. The second-order valence-corrected chi connectivity index (χ2v) is 13.4. The molecule has 0 saturated heterocycles. The summed E-state index contributed by atoms with van der Waals surface area (Å²) >= 11 is 0. The van der Waals surface area contributed by atoms with Gasteiger partial charge in [0.15, 0.2) is 0 Å². The van der Waals surface area contributed by atoms with Gasteiger partial charge in [0.05, 0.1) is 119 Å². The molecule has 0 aromatic rings. The van der Waals surface area contributed by atoms with E-state index < -0.39 is 5.60 Å². The maximum absolute atomic E-state index is 11.6. The molecule has 0 aromatic carbocycles. The van der Waals surface area contributed by atoms with Crippen LogP contribution < -0.4 is 0 Å². The van der Waals surface area contributed by atoms with Crippen LogP contribution in [0.15, 0.2) is 0 Å². The highest BCUT2D eigenvalue weighted by molar-refractivity contribution is 5.69. The molecule has 0 heterocycles. The van der Waals surface area contributed by atoms with Crippen LogP contribution in [0.4, 0.5) is 0 Å². The van der Waals surface area contributed by atoms with E-state index in [9.17, 15) is 4.79 Å². The maximum atomic E-state index is 11.6. The highest BCUT2D eigenvalue weighted by Crippen LogP contribution is 2.13. The lowest BCUT2D eigenvalue weighted by molar-refractivity contribution is -0.156. The van der Waals surface area contributed by atoms with E-state index in [-0.39, 0.29) is 12.4 Å². The van der Waals surface area contributed by atoms with Crippen LogP contribution in [0.25, 0.3) is 0 Å². The first-order chi connectivity index (χ1) is 24.5. The molecular formula is C39H78O11. The summed E-state index contributed by atoms with van der Waals surface area (Å²) in [4.78, 5) is 11.6. The number of esters is 1. The van der Waals surface area contributed by atoms with E-state index in [2.05, 4.69) is 6.92 Å². The van der Waals surface area contributed by atoms with E-state index in [1.165, 1.54) is 83.5 Å². The van der Waals surface area contributed by atoms with Gasteiger partial charge in [-0.2, -0.15) is 0 Å². The van der Waals surface area contributed by atoms with Crippen molar-refractivity contribution in [3.8, 4) is 0 Å². The number of hydrogen-bond acceptors (Lipinski definition) is 11. The predicted octanol–water partition coefficient (Wildman–Crippen LogP) is 7.35. The lowest BCUT2D eigenvalue weighted by Gasteiger charge is -2.19. The normalized spacial score (nSPS) is 11.8. The topological polar surface area (TPSA) is 109 Å². The third kappa shape index (κ3) is 45.1. The molecule has 0 bridgehead atoms. The Labute approximate surface area is 306 Å². The Balaban J connectivity index is 3.09. The molecule has 0 N–H and O–H groups in total. The molecule has 0 fully saturated rings. The molecule has 0 rings (SSSR count). The Morgan fingerprint density at radius 1 is 0.340 bits per heavy atom. The average Bonchev–Trinajstić information content (AvgIpc) is 3.08. The van der Waals surface area contributed by atoms with Gasteiger partial charge in [0.1, 0.15) is 5.60 Å². The molecule has 0 aromatic heterocycles. The zero-order chi connectivity index (χ0) is 36.5. The summed E-state index contributed by atoms with van der Waals surface area (Å²) in [5.41, 5.74) is -0.469. The average molecular weight is 723 g/mol. The van der Waals surface area contributed by atoms with Crippen LogP contribution in [0.2, 0.25) is 0 Å². The quantitative estimate of drug-likeness (QED) is 0.0466. The monoisotopic (exact) mass is 723 g/mol. The standard InChI is InChI=1S/C39H78O11/c1-5-6-7-8-9-10-11-12-13-14-15-16-17-18-20-41-22-24-43-26-28-45-30-32-47-34-36-49-37-35-48-33-31-46-29-27-44-25-23-42-21-19-38(40)50-39(2,3)4/h5-37H2,1-4H3. The van der Waals surface area contributed by atoms with Crippen molar-refractivity contribution >= 4 is 5.97 Å². The van der Waals surface area contributed by atoms with Crippen LogP contribution in [-0.2, 0) is 52.2 Å². The van der Waals surface area contributed by atoms with Crippen molar-refractivity contribution in [3.05, 3.63) is 0 Å². The number of unbranched alkanes of at least 4 members (excludes halogenated alkanes) is 13. The van der Waals surface area contributed by atoms with Gasteiger partial charge < -0.3 is 47.4 Å². The maximum Gasteiger partial charge on any atom is 0.308 e. The Morgan fingerprint density at radius 2 is 0.580 bits per heavy atom. The van der Waals surface area contributed by atoms with Crippen molar-refractivity contribution in [2.24, 2.45) is 0 Å². The smallest absolute Gasteiger partial charge is 0.308 e. The molecule has 0 saturated carbocycles. The van der Waals surface area contributed by atoms with Gasteiger partial charge in [0.2, 0.25) is 0 Å². The predicted molar refractivity (Wildman–Crippen MR) is 198 cm³/mol. The van der Waals surface area contributed by atoms with Gasteiger partial charge in [-0.3, -0.25) is 4.79 Å². The number of rotatable bonds is 42. The zero-order valence-electron chi connectivity index (χ0n) is 32.8. The van der Waals surface area contributed by atoms with Crippen LogP contribution >= 0.6 is 0 Å². The largest absolute Gasteiger partial charge is 0.460 e. The van der Waals surface area contributed by atoms with Crippen molar-refractivity contribution in [3.63, 3.8) is 0 Å². The first kappa shape index (κ1) is 49.1. The third-order valence-electron chi connectivity index (χ3n) is 7.49. The Kier molecular flexibility index (Phi) is 40.1. The van der Waals surface area contributed by atoms with Gasteiger partial charge in [-0.25, -0.2) is 0 Å². The fourth-order valence-electron chi connectivity index (χ4n) is 4.81. The minimum Gasteiger partial charge on any atom is -0.460 e. The van der Waals surface area contributed by atoms with E-state index in [0.717, 1.165) is 13.0 Å². The highest BCUT2D eigenvalue weighted by Gasteiger charge is 2.15. The van der Waals surface area contributed by atoms with E-state index in [1.54, 1.807) is 0 Å². The van der Waals surface area contributed by atoms with Crippen LogP contribution in [0.1, 0.15) is 124 Å². The van der Waals surface area contributed by atoms with Crippen LogP contribution in [0.5, 0.6) is 0 Å². The molecule has 11 nitrogen and oxygen atoms in total. The molecule has 0 spiro atoms. The van der Waals surface area contributed by atoms with Crippen LogP contribution in [-0.4, -0.2) is 130 Å². The summed E-state index contributed by atoms with van der Waals surface area (Å²) in [6, 6.07) is 0. The van der Waals surface area contributed by atoms with Crippen LogP contribution in [0.3, 0.4) is 0 Å². The zero-order valence-corrected chi connectivity index (χ0v) is 32.8. The number of ether oxygens (including phenoxy) is 10. The molecule has 0 unspecified atom stereocenters. The van der Waals surface area contributed by atoms with Gasteiger partial charge >= 0.3 is 5.97 Å². The first-order valence-corrected chi connectivity index (χ1v) is 19.9. The molecule has 0 atom stereocenters. The van der Waals surface area contributed by atoms with Gasteiger partial charge in [-0.05, 0) is 27.2 Å². The summed E-state index contributed by atoms with van der Waals surface area (Å²) in [6.07, 6.45) is 19.5. The lowest BCUT2D eigenvalue weighted by atomic mass is 10.0. The fraction of sp³-hybridized carbons (Fsp3) is 0.974. The Bertz CT molecular complexity index is 660. The third-order valence-corrected chi connectivity index (χ3v) is 7.49. The molecule has 0 amide bonds. The van der Waals surface area contributed by atoms with Gasteiger partial charge in [0, 0.05) is 6.61 Å². The molecule has 0 aliphatic rings. The van der Waals surface area contributed by atoms with Crippen molar-refractivity contribution in [1.29, 1.82) is 0 Å². The first-order valence-electron chi connectivity index (χ1n) is 19.9. The second kappa shape index (κ2) is 40.9. The minimum atomic E-state index is -0.469. The summed E-state index contributed by atoms with van der Waals surface area (Å²) in [5, 5.41) is 0. The van der Waals surface area contributed by atoms with Crippen molar-refractivity contribution in [2.75, 3.05) is 119 Å². The molecule has 0 aliphatic heterocycles. The van der Waals surface area contributed by atoms with Crippen molar-refractivity contribution in [2.45, 2.75) is 130 Å².